The molecule has 0 unspecified atom stereocenters. The van der Waals surface area contributed by atoms with E-state index in [1.165, 1.54) is 11.3 Å². The van der Waals surface area contributed by atoms with E-state index in [0.29, 0.717) is 15.8 Å². The third-order valence-corrected chi connectivity index (χ3v) is 3.58. The van der Waals surface area contributed by atoms with Gasteiger partial charge >= 0.3 is 0 Å². The molecule has 14 heavy (non-hydrogen) atoms. The maximum Gasteiger partial charge on any atom is 0.110 e. The molecule has 0 aliphatic heterocycles. The molecular formula is C10H5Cl2NS. The Kier molecular flexibility index (Phi) is 2.64. The van der Waals surface area contributed by atoms with Crippen molar-refractivity contribution in [3.05, 3.63) is 33.7 Å². The lowest BCUT2D eigenvalue weighted by atomic mass is 10.2. The van der Waals surface area contributed by atoms with E-state index in [4.69, 9.17) is 28.5 Å². The average Bonchev–Trinajstić information content (AvgIpc) is 2.58. The number of nitrogens with zero attached hydrogens (tertiary/aromatic N) is 1. The monoisotopic (exact) mass is 241 g/mol. The van der Waals surface area contributed by atoms with Gasteiger partial charge in [0.2, 0.25) is 0 Å². The lowest BCUT2D eigenvalue weighted by Crippen LogP contribution is -1.78. The lowest BCUT2D eigenvalue weighted by molar-refractivity contribution is 1.43. The number of hydrogen-bond acceptors (Lipinski definition) is 2. The van der Waals surface area contributed by atoms with Crippen LogP contribution in [0.1, 0.15) is 10.4 Å². The van der Waals surface area contributed by atoms with Gasteiger partial charge in [-0.15, -0.1) is 22.9 Å². The van der Waals surface area contributed by atoms with Gasteiger partial charge in [-0.3, -0.25) is 0 Å². The van der Waals surface area contributed by atoms with Crippen LogP contribution in [0.25, 0.3) is 10.1 Å². The van der Waals surface area contributed by atoms with Gasteiger partial charge in [-0.2, -0.15) is 5.26 Å². The third-order valence-electron chi connectivity index (χ3n) is 1.94. The molecule has 0 N–H and O–H groups in total. The fourth-order valence-electron chi connectivity index (χ4n) is 1.26. The Hall–Kier alpha value is -0.750. The maximum absolute atomic E-state index is 8.74. The second kappa shape index (κ2) is 3.78. The topological polar surface area (TPSA) is 23.8 Å². The number of halogens is 2. The molecule has 0 saturated carbocycles. The van der Waals surface area contributed by atoms with Crippen molar-refractivity contribution >= 4 is 44.6 Å². The molecule has 0 saturated heterocycles. The normalized spacial score (nSPS) is 10.4. The van der Waals surface area contributed by atoms with Crippen molar-refractivity contribution in [2.75, 3.05) is 0 Å². The summed E-state index contributed by atoms with van der Waals surface area (Å²) in [6.45, 7) is 0. The van der Waals surface area contributed by atoms with Crippen LogP contribution in [-0.4, -0.2) is 0 Å². The van der Waals surface area contributed by atoms with Crippen molar-refractivity contribution in [2.24, 2.45) is 0 Å². The van der Waals surface area contributed by atoms with Crippen LogP contribution >= 0.6 is 34.5 Å². The first-order valence-corrected chi connectivity index (χ1v) is 5.65. The van der Waals surface area contributed by atoms with Crippen molar-refractivity contribution < 1.29 is 0 Å². The standard InChI is InChI=1S/C10H5Cl2NS/c11-4-7-3-10-6(2-9(7)12)1-8(5-13)14-10/h1-3H,4H2. The smallest absolute Gasteiger partial charge is 0.110 e. The first-order valence-electron chi connectivity index (χ1n) is 3.92. The zero-order valence-corrected chi connectivity index (χ0v) is 9.38. The number of thiophene rings is 1. The summed E-state index contributed by atoms with van der Waals surface area (Å²) >= 11 is 13.2. The second-order valence-corrected chi connectivity index (χ2v) is 4.60. The Balaban J connectivity index is 2.71. The Labute approximate surface area is 95.5 Å². The van der Waals surface area contributed by atoms with Gasteiger partial charge in [0.05, 0.1) is 0 Å². The van der Waals surface area contributed by atoms with Crippen LogP contribution in [0.3, 0.4) is 0 Å². The Morgan fingerprint density at radius 2 is 2.14 bits per heavy atom. The van der Waals surface area contributed by atoms with Gasteiger partial charge in [0.15, 0.2) is 0 Å². The first-order chi connectivity index (χ1) is 6.74. The molecule has 0 aliphatic rings. The Morgan fingerprint density at radius 1 is 1.36 bits per heavy atom. The highest BCUT2D eigenvalue weighted by molar-refractivity contribution is 7.19. The predicted molar refractivity (Wildman–Crippen MR) is 61.1 cm³/mol. The van der Waals surface area contributed by atoms with Crippen LogP contribution in [0.2, 0.25) is 5.02 Å². The van der Waals surface area contributed by atoms with E-state index >= 15 is 0 Å². The molecule has 1 nitrogen and oxygen atoms in total. The van der Waals surface area contributed by atoms with Crippen LogP contribution in [0.15, 0.2) is 18.2 Å². The number of alkyl halides is 1. The second-order valence-electron chi connectivity index (χ2n) is 2.84. The first kappa shape index (κ1) is 9.79. The lowest BCUT2D eigenvalue weighted by Gasteiger charge is -1.98. The van der Waals surface area contributed by atoms with Crippen molar-refractivity contribution in [3.63, 3.8) is 0 Å². The van der Waals surface area contributed by atoms with Gasteiger partial charge in [0.25, 0.3) is 0 Å². The van der Waals surface area contributed by atoms with Crippen LogP contribution in [0, 0.1) is 11.3 Å². The highest BCUT2D eigenvalue weighted by Crippen LogP contribution is 2.31. The molecular weight excluding hydrogens is 237 g/mol. The van der Waals surface area contributed by atoms with Gasteiger partial charge in [0.1, 0.15) is 10.9 Å². The molecule has 0 atom stereocenters. The van der Waals surface area contributed by atoms with E-state index in [1.807, 2.05) is 18.2 Å². The molecule has 0 fully saturated rings. The van der Waals surface area contributed by atoms with Crippen LogP contribution in [0.5, 0.6) is 0 Å². The van der Waals surface area contributed by atoms with Crippen molar-refractivity contribution in [1.29, 1.82) is 5.26 Å². The van der Waals surface area contributed by atoms with E-state index in [2.05, 4.69) is 6.07 Å². The highest BCUT2D eigenvalue weighted by atomic mass is 35.5. The van der Waals surface area contributed by atoms with E-state index in [0.717, 1.165) is 15.6 Å². The molecule has 2 rings (SSSR count). The van der Waals surface area contributed by atoms with E-state index in [-0.39, 0.29) is 0 Å². The van der Waals surface area contributed by atoms with Gasteiger partial charge in [0, 0.05) is 15.6 Å². The van der Waals surface area contributed by atoms with E-state index < -0.39 is 0 Å². The quantitative estimate of drug-likeness (QED) is 0.688. The summed E-state index contributed by atoms with van der Waals surface area (Å²) in [5, 5.41) is 10.4. The summed E-state index contributed by atoms with van der Waals surface area (Å²) < 4.78 is 1.06. The molecule has 1 aromatic carbocycles. The maximum atomic E-state index is 8.74. The number of nitriles is 1. The number of fused-ring (bicyclic) bond motifs is 1. The van der Waals surface area contributed by atoms with Crippen molar-refractivity contribution in [1.82, 2.24) is 0 Å². The fraction of sp³-hybridized carbons (Fsp3) is 0.100. The van der Waals surface area contributed by atoms with Crippen LogP contribution < -0.4 is 0 Å². The molecule has 4 heteroatoms. The Morgan fingerprint density at radius 3 is 2.79 bits per heavy atom. The minimum absolute atomic E-state index is 0.397. The molecule has 0 spiro atoms. The third kappa shape index (κ3) is 1.59. The van der Waals surface area contributed by atoms with Gasteiger partial charge in [-0.05, 0) is 29.1 Å². The fourth-order valence-corrected chi connectivity index (χ4v) is 2.69. The molecule has 1 heterocycles. The van der Waals surface area contributed by atoms with Crippen molar-refractivity contribution in [2.45, 2.75) is 5.88 Å². The summed E-state index contributed by atoms with van der Waals surface area (Å²) in [4.78, 5) is 0.697. The highest BCUT2D eigenvalue weighted by Gasteiger charge is 2.05. The summed E-state index contributed by atoms with van der Waals surface area (Å²) in [6, 6.07) is 7.75. The molecule has 1 aromatic heterocycles. The number of hydrogen-bond donors (Lipinski definition) is 0. The van der Waals surface area contributed by atoms with Crippen molar-refractivity contribution in [3.8, 4) is 6.07 Å². The average molecular weight is 242 g/mol. The van der Waals surface area contributed by atoms with E-state index in [9.17, 15) is 0 Å². The molecule has 0 amide bonds. The van der Waals surface area contributed by atoms with Gasteiger partial charge in [-0.25, -0.2) is 0 Å². The molecule has 0 bridgehead atoms. The van der Waals surface area contributed by atoms with Crippen LogP contribution in [0.4, 0.5) is 0 Å². The van der Waals surface area contributed by atoms with Gasteiger partial charge < -0.3 is 0 Å². The molecule has 70 valence electrons. The largest absolute Gasteiger partial charge is 0.192 e. The minimum Gasteiger partial charge on any atom is -0.192 e. The molecule has 0 radical (unpaired) electrons. The molecule has 2 aromatic rings. The summed E-state index contributed by atoms with van der Waals surface area (Å²) in [7, 11) is 0. The van der Waals surface area contributed by atoms with Gasteiger partial charge in [-0.1, -0.05) is 11.6 Å². The summed E-state index contributed by atoms with van der Waals surface area (Å²) in [5.74, 6) is 0.397. The SMILES string of the molecule is N#Cc1cc2cc(Cl)c(CCl)cc2s1. The zero-order valence-electron chi connectivity index (χ0n) is 7.05. The Bertz CT molecular complexity index is 525. The van der Waals surface area contributed by atoms with E-state index in [1.54, 1.807) is 0 Å². The zero-order chi connectivity index (χ0) is 10.1. The number of benzene rings is 1. The minimum atomic E-state index is 0.397. The predicted octanol–water partition coefficient (Wildman–Crippen LogP) is 4.17. The summed E-state index contributed by atoms with van der Waals surface area (Å²) in [6.07, 6.45) is 0. The van der Waals surface area contributed by atoms with Crippen LogP contribution in [-0.2, 0) is 5.88 Å². The molecule has 0 aliphatic carbocycles. The summed E-state index contributed by atoms with van der Waals surface area (Å²) in [5.41, 5.74) is 0.909. The number of rotatable bonds is 1.